The first-order chi connectivity index (χ1) is 10.0. The van der Waals surface area contributed by atoms with Crippen LogP contribution in [0.2, 0.25) is 0 Å². The summed E-state index contributed by atoms with van der Waals surface area (Å²) in [4.78, 5) is 26.6. The fourth-order valence-electron chi connectivity index (χ4n) is 1.68. The Kier molecular flexibility index (Phi) is 4.46. The molecule has 106 valence electrons. The number of aliphatic carboxylic acids is 1. The molecule has 1 heterocycles. The normalized spacial score (nSPS) is 10.5. The van der Waals surface area contributed by atoms with Gasteiger partial charge in [-0.15, -0.1) is 0 Å². The van der Waals surface area contributed by atoms with Crippen LogP contribution in [-0.4, -0.2) is 22.0 Å². The number of nitrogens with one attached hydrogen (secondary N) is 1. The Balaban J connectivity index is 2.12. The SMILES string of the molecule is Cc1ccc(C(=O)Nc2cc(/C=C/C(=O)O)ccn2)cc1. The zero-order valence-corrected chi connectivity index (χ0v) is 11.4. The van der Waals surface area contributed by atoms with Crippen molar-refractivity contribution in [2.24, 2.45) is 0 Å². The minimum atomic E-state index is -1.03. The van der Waals surface area contributed by atoms with Crippen LogP contribution in [0, 0.1) is 6.92 Å². The number of amides is 1. The molecule has 2 aromatic rings. The maximum absolute atomic E-state index is 12.0. The van der Waals surface area contributed by atoms with Gasteiger partial charge < -0.3 is 10.4 Å². The maximum atomic E-state index is 12.0. The predicted molar refractivity (Wildman–Crippen MR) is 80.0 cm³/mol. The molecule has 1 aromatic carbocycles. The van der Waals surface area contributed by atoms with Crippen LogP contribution < -0.4 is 5.32 Å². The molecular weight excluding hydrogens is 268 g/mol. The van der Waals surface area contributed by atoms with Gasteiger partial charge in [0.2, 0.25) is 0 Å². The molecular formula is C16H14N2O3. The molecule has 0 fully saturated rings. The molecule has 0 radical (unpaired) electrons. The summed E-state index contributed by atoms with van der Waals surface area (Å²) in [6, 6.07) is 10.4. The van der Waals surface area contributed by atoms with Gasteiger partial charge in [-0.1, -0.05) is 17.7 Å². The standard InChI is InChI=1S/C16H14N2O3/c1-11-2-5-13(6-3-11)16(21)18-14-10-12(8-9-17-14)4-7-15(19)20/h2-10H,1H3,(H,19,20)(H,17,18,21)/b7-4+. The van der Waals surface area contributed by atoms with Crippen molar-refractivity contribution in [3.05, 3.63) is 65.4 Å². The highest BCUT2D eigenvalue weighted by Gasteiger charge is 2.06. The number of hydrogen-bond donors (Lipinski definition) is 2. The van der Waals surface area contributed by atoms with E-state index in [9.17, 15) is 9.59 Å². The van der Waals surface area contributed by atoms with Crippen molar-refractivity contribution >= 4 is 23.8 Å². The van der Waals surface area contributed by atoms with E-state index in [1.165, 1.54) is 12.3 Å². The van der Waals surface area contributed by atoms with Crippen molar-refractivity contribution in [1.82, 2.24) is 4.98 Å². The summed E-state index contributed by atoms with van der Waals surface area (Å²) in [6.45, 7) is 1.95. The molecule has 0 atom stereocenters. The summed E-state index contributed by atoms with van der Waals surface area (Å²) in [5.74, 6) is -0.924. The average molecular weight is 282 g/mol. The van der Waals surface area contributed by atoms with Gasteiger partial charge in [-0.05, 0) is 42.8 Å². The fourth-order valence-corrected chi connectivity index (χ4v) is 1.68. The predicted octanol–water partition coefficient (Wildman–Crippen LogP) is 2.74. The van der Waals surface area contributed by atoms with Crippen molar-refractivity contribution in [3.63, 3.8) is 0 Å². The molecule has 0 aliphatic rings. The lowest BCUT2D eigenvalue weighted by atomic mass is 10.1. The van der Waals surface area contributed by atoms with Gasteiger partial charge in [0.05, 0.1) is 0 Å². The molecule has 0 saturated carbocycles. The number of rotatable bonds is 4. The van der Waals surface area contributed by atoms with Crippen LogP contribution in [0.15, 0.2) is 48.7 Å². The number of aromatic nitrogens is 1. The van der Waals surface area contributed by atoms with Gasteiger partial charge in [0.1, 0.15) is 5.82 Å². The molecule has 0 saturated heterocycles. The molecule has 0 unspecified atom stereocenters. The number of carbonyl (C=O) groups excluding carboxylic acids is 1. The van der Waals surface area contributed by atoms with Crippen molar-refractivity contribution in [1.29, 1.82) is 0 Å². The molecule has 5 heteroatoms. The lowest BCUT2D eigenvalue weighted by molar-refractivity contribution is -0.131. The summed E-state index contributed by atoms with van der Waals surface area (Å²) in [6.07, 6.45) is 3.97. The van der Waals surface area contributed by atoms with E-state index in [4.69, 9.17) is 5.11 Å². The van der Waals surface area contributed by atoms with Gasteiger partial charge in [0.25, 0.3) is 5.91 Å². The fraction of sp³-hybridized carbons (Fsp3) is 0.0625. The number of anilines is 1. The quantitative estimate of drug-likeness (QED) is 0.845. The number of aryl methyl sites for hydroxylation is 1. The Morgan fingerprint density at radius 3 is 2.57 bits per heavy atom. The Morgan fingerprint density at radius 1 is 1.19 bits per heavy atom. The monoisotopic (exact) mass is 282 g/mol. The highest BCUT2D eigenvalue weighted by molar-refractivity contribution is 6.03. The minimum absolute atomic E-state index is 0.262. The molecule has 21 heavy (non-hydrogen) atoms. The smallest absolute Gasteiger partial charge is 0.328 e. The minimum Gasteiger partial charge on any atom is -0.478 e. The topological polar surface area (TPSA) is 79.3 Å². The molecule has 2 N–H and O–H groups in total. The molecule has 1 aromatic heterocycles. The van der Waals surface area contributed by atoms with Gasteiger partial charge in [0, 0.05) is 17.8 Å². The zero-order chi connectivity index (χ0) is 15.2. The third-order valence-electron chi connectivity index (χ3n) is 2.76. The highest BCUT2D eigenvalue weighted by Crippen LogP contribution is 2.11. The third-order valence-corrected chi connectivity index (χ3v) is 2.76. The first-order valence-electron chi connectivity index (χ1n) is 6.30. The molecule has 0 spiro atoms. The van der Waals surface area contributed by atoms with E-state index in [0.29, 0.717) is 16.9 Å². The Labute approximate surface area is 122 Å². The molecule has 2 rings (SSSR count). The largest absolute Gasteiger partial charge is 0.478 e. The average Bonchev–Trinajstić information content (AvgIpc) is 2.46. The maximum Gasteiger partial charge on any atom is 0.328 e. The van der Waals surface area contributed by atoms with E-state index in [1.807, 2.05) is 19.1 Å². The van der Waals surface area contributed by atoms with E-state index >= 15 is 0 Å². The van der Waals surface area contributed by atoms with Crippen LogP contribution in [0.1, 0.15) is 21.5 Å². The second-order valence-corrected chi connectivity index (χ2v) is 4.47. The molecule has 1 amide bonds. The molecule has 5 nitrogen and oxygen atoms in total. The van der Waals surface area contributed by atoms with Crippen LogP contribution in [0.25, 0.3) is 6.08 Å². The number of carboxylic acids is 1. The lowest BCUT2D eigenvalue weighted by Gasteiger charge is -2.05. The van der Waals surface area contributed by atoms with Gasteiger partial charge in [0.15, 0.2) is 0 Å². The summed E-state index contributed by atoms with van der Waals surface area (Å²) in [5.41, 5.74) is 2.26. The van der Waals surface area contributed by atoms with Gasteiger partial charge in [-0.2, -0.15) is 0 Å². The number of hydrogen-bond acceptors (Lipinski definition) is 3. The number of nitrogens with zero attached hydrogens (tertiary/aromatic N) is 1. The van der Waals surface area contributed by atoms with Crippen molar-refractivity contribution in [3.8, 4) is 0 Å². The van der Waals surface area contributed by atoms with E-state index in [0.717, 1.165) is 11.6 Å². The van der Waals surface area contributed by atoms with Gasteiger partial charge in [-0.3, -0.25) is 4.79 Å². The van der Waals surface area contributed by atoms with E-state index in [1.54, 1.807) is 24.3 Å². The second-order valence-electron chi connectivity index (χ2n) is 4.47. The van der Waals surface area contributed by atoms with Crippen molar-refractivity contribution < 1.29 is 14.7 Å². The molecule has 0 aliphatic heterocycles. The number of benzene rings is 1. The Morgan fingerprint density at radius 2 is 1.90 bits per heavy atom. The van der Waals surface area contributed by atoms with Gasteiger partial charge >= 0.3 is 5.97 Å². The molecule has 0 bridgehead atoms. The number of carbonyl (C=O) groups is 2. The van der Waals surface area contributed by atoms with Crippen molar-refractivity contribution in [2.45, 2.75) is 6.92 Å². The Bertz CT molecular complexity index is 691. The third kappa shape index (κ3) is 4.28. The summed E-state index contributed by atoms with van der Waals surface area (Å²) < 4.78 is 0. The zero-order valence-electron chi connectivity index (χ0n) is 11.4. The highest BCUT2D eigenvalue weighted by atomic mass is 16.4. The second kappa shape index (κ2) is 6.47. The number of pyridine rings is 1. The van der Waals surface area contributed by atoms with Crippen LogP contribution in [0.4, 0.5) is 5.82 Å². The number of carboxylic acid groups (broad SMARTS) is 1. The summed E-state index contributed by atoms with van der Waals surface area (Å²) in [7, 11) is 0. The van der Waals surface area contributed by atoms with Gasteiger partial charge in [-0.25, -0.2) is 9.78 Å². The first kappa shape index (κ1) is 14.5. The summed E-state index contributed by atoms with van der Waals surface area (Å²) in [5, 5.41) is 11.3. The summed E-state index contributed by atoms with van der Waals surface area (Å²) >= 11 is 0. The van der Waals surface area contributed by atoms with Crippen LogP contribution in [0.5, 0.6) is 0 Å². The van der Waals surface area contributed by atoms with Crippen LogP contribution in [0.3, 0.4) is 0 Å². The van der Waals surface area contributed by atoms with Crippen LogP contribution in [-0.2, 0) is 4.79 Å². The molecule has 0 aliphatic carbocycles. The van der Waals surface area contributed by atoms with E-state index in [2.05, 4.69) is 10.3 Å². The lowest BCUT2D eigenvalue weighted by Crippen LogP contribution is -2.12. The van der Waals surface area contributed by atoms with Crippen LogP contribution >= 0.6 is 0 Å². The Hall–Kier alpha value is -2.95. The first-order valence-corrected chi connectivity index (χ1v) is 6.30. The van der Waals surface area contributed by atoms with Crippen molar-refractivity contribution in [2.75, 3.05) is 5.32 Å². The van der Waals surface area contributed by atoms with E-state index in [-0.39, 0.29) is 5.91 Å². The van der Waals surface area contributed by atoms with E-state index < -0.39 is 5.97 Å².